The van der Waals surface area contributed by atoms with Crippen molar-refractivity contribution in [3.8, 4) is 0 Å². The van der Waals surface area contributed by atoms with Crippen LogP contribution in [-0.2, 0) is 4.79 Å². The number of carbonyl (C=O) groups excluding carboxylic acids is 1. The molecule has 0 spiro atoms. The highest BCUT2D eigenvalue weighted by atomic mass is 16.2. The molecule has 1 unspecified atom stereocenters. The molecule has 4 heteroatoms. The first-order chi connectivity index (χ1) is 10.2. The number of likely N-dealkylation sites (tertiary alicyclic amines) is 1. The Bertz CT molecular complexity index is 307. The third kappa shape index (κ3) is 5.59. The summed E-state index contributed by atoms with van der Waals surface area (Å²) in [6.45, 7) is 8.81. The van der Waals surface area contributed by atoms with Crippen molar-refractivity contribution < 1.29 is 4.79 Å². The summed E-state index contributed by atoms with van der Waals surface area (Å²) in [6.07, 6.45) is 8.71. The Kier molecular flexibility index (Phi) is 6.97. The molecule has 4 nitrogen and oxygen atoms in total. The molecule has 1 aliphatic carbocycles. The van der Waals surface area contributed by atoms with Crippen molar-refractivity contribution in [1.29, 1.82) is 0 Å². The number of nitrogens with one attached hydrogen (secondary N) is 2. The molecule has 1 amide bonds. The molecule has 122 valence electrons. The first kappa shape index (κ1) is 16.8. The lowest BCUT2D eigenvalue weighted by atomic mass is 9.95. The van der Waals surface area contributed by atoms with Crippen LogP contribution in [0.1, 0.15) is 58.8 Å². The maximum Gasteiger partial charge on any atom is 0.237 e. The summed E-state index contributed by atoms with van der Waals surface area (Å²) < 4.78 is 0. The van der Waals surface area contributed by atoms with Crippen LogP contribution < -0.4 is 10.6 Å². The third-order valence-electron chi connectivity index (χ3n) is 5.21. The maximum atomic E-state index is 12.2. The fraction of sp³-hybridized carbons (Fsp3) is 0.941. The van der Waals surface area contributed by atoms with E-state index in [-0.39, 0.29) is 11.9 Å². The zero-order valence-electron chi connectivity index (χ0n) is 13.9. The van der Waals surface area contributed by atoms with Gasteiger partial charge in [0.15, 0.2) is 0 Å². The molecule has 2 N–H and O–H groups in total. The van der Waals surface area contributed by atoms with Gasteiger partial charge in [-0.1, -0.05) is 26.2 Å². The van der Waals surface area contributed by atoms with E-state index in [2.05, 4.69) is 22.5 Å². The molecular formula is C17H33N3O. The molecule has 1 heterocycles. The molecule has 1 aliphatic heterocycles. The van der Waals surface area contributed by atoms with E-state index >= 15 is 0 Å². The molecule has 1 saturated heterocycles. The van der Waals surface area contributed by atoms with Gasteiger partial charge in [-0.05, 0) is 64.7 Å². The molecule has 0 radical (unpaired) electrons. The van der Waals surface area contributed by atoms with Crippen LogP contribution in [0, 0.1) is 5.92 Å². The Balaban J connectivity index is 1.62. The van der Waals surface area contributed by atoms with Gasteiger partial charge >= 0.3 is 0 Å². The fourth-order valence-corrected chi connectivity index (χ4v) is 3.52. The summed E-state index contributed by atoms with van der Waals surface area (Å²) in [5.41, 5.74) is 0. The van der Waals surface area contributed by atoms with Gasteiger partial charge in [0.2, 0.25) is 5.91 Å². The minimum atomic E-state index is -0.0591. The summed E-state index contributed by atoms with van der Waals surface area (Å²) >= 11 is 0. The highest BCUT2D eigenvalue weighted by molar-refractivity contribution is 5.81. The predicted molar refractivity (Wildman–Crippen MR) is 87.3 cm³/mol. The van der Waals surface area contributed by atoms with Crippen molar-refractivity contribution in [2.45, 2.75) is 70.9 Å². The van der Waals surface area contributed by atoms with Gasteiger partial charge in [-0.2, -0.15) is 0 Å². The molecule has 1 saturated carbocycles. The van der Waals surface area contributed by atoms with E-state index in [1.807, 2.05) is 6.92 Å². The van der Waals surface area contributed by atoms with Crippen molar-refractivity contribution in [1.82, 2.24) is 15.5 Å². The second kappa shape index (κ2) is 8.74. The SMILES string of the molecule is CCN1CCC(CNC(C)C(=O)NC2CCCCC2)CC1. The Morgan fingerprint density at radius 1 is 1.14 bits per heavy atom. The predicted octanol–water partition coefficient (Wildman–Crippen LogP) is 2.15. The van der Waals surface area contributed by atoms with Gasteiger partial charge < -0.3 is 15.5 Å². The van der Waals surface area contributed by atoms with Gasteiger partial charge in [-0.15, -0.1) is 0 Å². The molecular weight excluding hydrogens is 262 g/mol. The van der Waals surface area contributed by atoms with Crippen LogP contribution in [0.15, 0.2) is 0 Å². The van der Waals surface area contributed by atoms with Crippen molar-refractivity contribution in [2.24, 2.45) is 5.92 Å². The summed E-state index contributed by atoms with van der Waals surface area (Å²) in [6, 6.07) is 0.361. The molecule has 2 aliphatic rings. The van der Waals surface area contributed by atoms with Crippen LogP contribution >= 0.6 is 0 Å². The molecule has 0 aromatic heterocycles. The summed E-state index contributed by atoms with van der Waals surface area (Å²) in [7, 11) is 0. The van der Waals surface area contributed by atoms with Crippen LogP contribution in [0.3, 0.4) is 0 Å². The van der Waals surface area contributed by atoms with E-state index in [4.69, 9.17) is 0 Å². The van der Waals surface area contributed by atoms with E-state index < -0.39 is 0 Å². The minimum Gasteiger partial charge on any atom is -0.352 e. The molecule has 0 aromatic rings. The van der Waals surface area contributed by atoms with Gasteiger partial charge in [0.1, 0.15) is 0 Å². The standard InChI is InChI=1S/C17H33N3O/c1-3-20-11-9-15(10-12-20)13-18-14(2)17(21)19-16-7-5-4-6-8-16/h14-16,18H,3-13H2,1-2H3,(H,19,21). The molecule has 0 aromatic carbocycles. The lowest BCUT2D eigenvalue weighted by Crippen LogP contribution is -2.48. The van der Waals surface area contributed by atoms with Crippen molar-refractivity contribution in [2.75, 3.05) is 26.2 Å². The average Bonchev–Trinajstić information content (AvgIpc) is 2.54. The lowest BCUT2D eigenvalue weighted by Gasteiger charge is -2.32. The number of nitrogens with zero attached hydrogens (tertiary/aromatic N) is 1. The number of hydrogen-bond donors (Lipinski definition) is 2. The summed E-state index contributed by atoms with van der Waals surface area (Å²) in [5, 5.41) is 6.66. The lowest BCUT2D eigenvalue weighted by molar-refractivity contribution is -0.123. The molecule has 1 atom stereocenters. The number of hydrogen-bond acceptors (Lipinski definition) is 3. The number of carbonyl (C=O) groups is 1. The van der Waals surface area contributed by atoms with Crippen LogP contribution in [-0.4, -0.2) is 49.1 Å². The Morgan fingerprint density at radius 2 is 1.81 bits per heavy atom. The van der Waals surface area contributed by atoms with Gasteiger partial charge in [-0.3, -0.25) is 4.79 Å². The second-order valence-corrected chi connectivity index (χ2v) is 6.85. The average molecular weight is 295 g/mol. The fourth-order valence-electron chi connectivity index (χ4n) is 3.52. The Morgan fingerprint density at radius 3 is 2.43 bits per heavy atom. The van der Waals surface area contributed by atoms with Gasteiger partial charge in [0.25, 0.3) is 0 Å². The van der Waals surface area contributed by atoms with Gasteiger partial charge in [0.05, 0.1) is 6.04 Å². The summed E-state index contributed by atoms with van der Waals surface area (Å²) in [5.74, 6) is 0.922. The highest BCUT2D eigenvalue weighted by Gasteiger charge is 2.22. The molecule has 21 heavy (non-hydrogen) atoms. The Hall–Kier alpha value is -0.610. The third-order valence-corrected chi connectivity index (χ3v) is 5.21. The number of piperidine rings is 1. The quantitative estimate of drug-likeness (QED) is 0.789. The molecule has 2 rings (SSSR count). The van der Waals surface area contributed by atoms with Gasteiger partial charge in [-0.25, -0.2) is 0 Å². The van der Waals surface area contributed by atoms with Crippen LogP contribution in [0.2, 0.25) is 0 Å². The first-order valence-electron chi connectivity index (χ1n) is 8.95. The normalized spacial score (nSPS) is 23.9. The topological polar surface area (TPSA) is 44.4 Å². The van der Waals surface area contributed by atoms with E-state index in [9.17, 15) is 4.79 Å². The largest absolute Gasteiger partial charge is 0.352 e. The van der Waals surface area contributed by atoms with Gasteiger partial charge in [0, 0.05) is 6.04 Å². The zero-order chi connectivity index (χ0) is 15.1. The summed E-state index contributed by atoms with van der Waals surface area (Å²) in [4.78, 5) is 14.7. The minimum absolute atomic E-state index is 0.0591. The maximum absolute atomic E-state index is 12.2. The van der Waals surface area contributed by atoms with E-state index in [1.54, 1.807) is 0 Å². The number of rotatable bonds is 6. The van der Waals surface area contributed by atoms with Crippen LogP contribution in [0.5, 0.6) is 0 Å². The van der Waals surface area contributed by atoms with Crippen molar-refractivity contribution in [3.05, 3.63) is 0 Å². The van der Waals surface area contributed by atoms with Crippen molar-refractivity contribution in [3.63, 3.8) is 0 Å². The van der Waals surface area contributed by atoms with Crippen LogP contribution in [0.25, 0.3) is 0 Å². The van der Waals surface area contributed by atoms with Crippen molar-refractivity contribution >= 4 is 5.91 Å². The monoisotopic (exact) mass is 295 g/mol. The molecule has 0 bridgehead atoms. The first-order valence-corrected chi connectivity index (χ1v) is 8.95. The van der Waals surface area contributed by atoms with E-state index in [0.717, 1.165) is 25.3 Å². The molecule has 2 fully saturated rings. The zero-order valence-corrected chi connectivity index (χ0v) is 13.9. The number of amides is 1. The Labute approximate surface area is 130 Å². The smallest absolute Gasteiger partial charge is 0.237 e. The second-order valence-electron chi connectivity index (χ2n) is 6.85. The van der Waals surface area contributed by atoms with E-state index in [1.165, 1.54) is 51.7 Å². The van der Waals surface area contributed by atoms with E-state index in [0.29, 0.717) is 6.04 Å². The van der Waals surface area contributed by atoms with Crippen LogP contribution in [0.4, 0.5) is 0 Å². The highest BCUT2D eigenvalue weighted by Crippen LogP contribution is 2.18.